The third-order valence-corrected chi connectivity index (χ3v) is 2.11. The van der Waals surface area contributed by atoms with Gasteiger partial charge in [-0.25, -0.2) is 0 Å². The third kappa shape index (κ3) is 7.56. The summed E-state index contributed by atoms with van der Waals surface area (Å²) in [7, 11) is 0. The molecule has 0 aromatic rings. The molecule has 0 amide bonds. The fourth-order valence-corrected chi connectivity index (χ4v) is 1.43. The molecule has 1 aliphatic heterocycles. The van der Waals surface area contributed by atoms with Crippen LogP contribution in [0.2, 0.25) is 0 Å². The zero-order chi connectivity index (χ0) is 8.10. The topological polar surface area (TPSA) is 24.1 Å². The Hall–Kier alpha value is 0.500. The SMILES string of the molecule is CC(C)CN[C@H]1CCCNC1.Cl.Cl. The van der Waals surface area contributed by atoms with Gasteiger partial charge in [-0.3, -0.25) is 0 Å². The van der Waals surface area contributed by atoms with E-state index in [1.54, 1.807) is 0 Å². The maximum atomic E-state index is 3.56. The summed E-state index contributed by atoms with van der Waals surface area (Å²) in [4.78, 5) is 0. The molecule has 1 aliphatic rings. The van der Waals surface area contributed by atoms with E-state index in [0.717, 1.165) is 25.0 Å². The first-order valence-electron chi connectivity index (χ1n) is 4.73. The molecule has 0 aromatic heterocycles. The summed E-state index contributed by atoms with van der Waals surface area (Å²) >= 11 is 0. The molecule has 82 valence electrons. The Bertz CT molecular complexity index is 104. The molecule has 1 rings (SSSR count). The first-order valence-corrected chi connectivity index (χ1v) is 4.73. The van der Waals surface area contributed by atoms with E-state index in [-0.39, 0.29) is 24.8 Å². The van der Waals surface area contributed by atoms with Gasteiger partial charge in [0.05, 0.1) is 0 Å². The third-order valence-electron chi connectivity index (χ3n) is 2.11. The summed E-state index contributed by atoms with van der Waals surface area (Å²) in [6.45, 7) is 8.03. The van der Waals surface area contributed by atoms with Gasteiger partial charge in [-0.15, -0.1) is 24.8 Å². The highest BCUT2D eigenvalue weighted by Gasteiger charge is 2.11. The highest BCUT2D eigenvalue weighted by Crippen LogP contribution is 2.01. The zero-order valence-electron chi connectivity index (χ0n) is 8.51. The Labute approximate surface area is 94.1 Å². The Morgan fingerprint density at radius 1 is 1.38 bits per heavy atom. The van der Waals surface area contributed by atoms with Crippen LogP contribution in [0.4, 0.5) is 0 Å². The fourth-order valence-electron chi connectivity index (χ4n) is 1.43. The molecule has 1 saturated heterocycles. The smallest absolute Gasteiger partial charge is 0.0193 e. The second kappa shape index (κ2) is 9.07. The van der Waals surface area contributed by atoms with Crippen LogP contribution in [-0.2, 0) is 0 Å². The van der Waals surface area contributed by atoms with E-state index in [2.05, 4.69) is 24.5 Å². The summed E-state index contributed by atoms with van der Waals surface area (Å²) < 4.78 is 0. The average molecular weight is 229 g/mol. The maximum absolute atomic E-state index is 3.56. The van der Waals surface area contributed by atoms with Gasteiger partial charge in [0.2, 0.25) is 0 Å². The van der Waals surface area contributed by atoms with Gasteiger partial charge in [0.25, 0.3) is 0 Å². The van der Waals surface area contributed by atoms with Crippen molar-refractivity contribution >= 4 is 24.8 Å². The van der Waals surface area contributed by atoms with Crippen molar-refractivity contribution in [3.63, 3.8) is 0 Å². The molecule has 1 atom stereocenters. The van der Waals surface area contributed by atoms with Crippen LogP contribution < -0.4 is 10.6 Å². The average Bonchev–Trinajstić information content (AvgIpc) is 2.03. The molecule has 2 N–H and O–H groups in total. The second-order valence-corrected chi connectivity index (χ2v) is 3.85. The van der Waals surface area contributed by atoms with Gasteiger partial charge in [0, 0.05) is 12.6 Å². The van der Waals surface area contributed by atoms with Crippen LogP contribution in [0.3, 0.4) is 0 Å². The Morgan fingerprint density at radius 3 is 2.54 bits per heavy atom. The molecular weight excluding hydrogens is 207 g/mol. The Balaban J connectivity index is 0. The van der Waals surface area contributed by atoms with Crippen molar-refractivity contribution in [2.24, 2.45) is 5.92 Å². The minimum absolute atomic E-state index is 0. The first-order chi connectivity index (χ1) is 5.29. The summed E-state index contributed by atoms with van der Waals surface area (Å²) in [5, 5.41) is 6.95. The Morgan fingerprint density at radius 2 is 2.08 bits per heavy atom. The van der Waals surface area contributed by atoms with Crippen LogP contribution in [0.25, 0.3) is 0 Å². The quantitative estimate of drug-likeness (QED) is 0.771. The summed E-state index contributed by atoms with van der Waals surface area (Å²) in [6, 6.07) is 0.728. The van der Waals surface area contributed by atoms with E-state index in [9.17, 15) is 0 Å². The van der Waals surface area contributed by atoms with E-state index in [4.69, 9.17) is 0 Å². The van der Waals surface area contributed by atoms with Crippen LogP contribution in [0, 0.1) is 5.92 Å². The Kier molecular flexibility index (Phi) is 11.1. The maximum Gasteiger partial charge on any atom is 0.0193 e. The van der Waals surface area contributed by atoms with Gasteiger partial charge in [-0.05, 0) is 31.8 Å². The fraction of sp³-hybridized carbons (Fsp3) is 1.00. The predicted octanol–water partition coefficient (Wildman–Crippen LogP) is 1.83. The molecule has 0 aromatic carbocycles. The monoisotopic (exact) mass is 228 g/mol. The lowest BCUT2D eigenvalue weighted by atomic mass is 10.1. The highest BCUT2D eigenvalue weighted by molar-refractivity contribution is 5.85. The van der Waals surface area contributed by atoms with Crippen LogP contribution in [0.1, 0.15) is 26.7 Å². The minimum atomic E-state index is 0. The van der Waals surface area contributed by atoms with E-state index < -0.39 is 0 Å². The number of hydrogen-bond donors (Lipinski definition) is 2. The molecule has 4 heteroatoms. The van der Waals surface area contributed by atoms with Crippen LogP contribution >= 0.6 is 24.8 Å². The number of rotatable bonds is 3. The molecule has 2 nitrogen and oxygen atoms in total. The number of nitrogens with one attached hydrogen (secondary N) is 2. The number of hydrogen-bond acceptors (Lipinski definition) is 2. The summed E-state index contributed by atoms with van der Waals surface area (Å²) in [5.41, 5.74) is 0. The van der Waals surface area contributed by atoms with Gasteiger partial charge >= 0.3 is 0 Å². The second-order valence-electron chi connectivity index (χ2n) is 3.85. The van der Waals surface area contributed by atoms with Crippen molar-refractivity contribution in [3.05, 3.63) is 0 Å². The molecule has 0 saturated carbocycles. The van der Waals surface area contributed by atoms with Crippen molar-refractivity contribution in [2.45, 2.75) is 32.7 Å². The molecule has 0 unspecified atom stereocenters. The van der Waals surface area contributed by atoms with Gasteiger partial charge in [-0.1, -0.05) is 13.8 Å². The standard InChI is InChI=1S/C9H20N2.2ClH/c1-8(2)6-11-9-4-3-5-10-7-9;;/h8-11H,3-7H2,1-2H3;2*1H/t9-;;/m0../s1. The predicted molar refractivity (Wildman–Crippen MR) is 63.2 cm³/mol. The summed E-state index contributed by atoms with van der Waals surface area (Å²) in [5.74, 6) is 0.775. The lowest BCUT2D eigenvalue weighted by Gasteiger charge is -2.24. The van der Waals surface area contributed by atoms with E-state index in [1.165, 1.54) is 19.4 Å². The van der Waals surface area contributed by atoms with E-state index in [1.807, 2.05) is 0 Å². The van der Waals surface area contributed by atoms with Gasteiger partial charge < -0.3 is 10.6 Å². The van der Waals surface area contributed by atoms with Crippen molar-refractivity contribution in [3.8, 4) is 0 Å². The zero-order valence-corrected chi connectivity index (χ0v) is 10.1. The molecule has 1 fully saturated rings. The molecule has 0 bridgehead atoms. The number of halogens is 2. The molecular formula is C9H22Cl2N2. The molecule has 0 aliphatic carbocycles. The number of piperidine rings is 1. The van der Waals surface area contributed by atoms with E-state index in [0.29, 0.717) is 0 Å². The first kappa shape index (κ1) is 15.9. The van der Waals surface area contributed by atoms with Crippen molar-refractivity contribution < 1.29 is 0 Å². The van der Waals surface area contributed by atoms with E-state index >= 15 is 0 Å². The molecule has 1 heterocycles. The molecule has 0 spiro atoms. The van der Waals surface area contributed by atoms with Crippen LogP contribution in [0.15, 0.2) is 0 Å². The van der Waals surface area contributed by atoms with Crippen LogP contribution in [-0.4, -0.2) is 25.7 Å². The van der Waals surface area contributed by atoms with Gasteiger partial charge in [-0.2, -0.15) is 0 Å². The lowest BCUT2D eigenvalue weighted by molar-refractivity contribution is 0.373. The van der Waals surface area contributed by atoms with Gasteiger partial charge in [0.1, 0.15) is 0 Å². The minimum Gasteiger partial charge on any atom is -0.315 e. The van der Waals surface area contributed by atoms with Gasteiger partial charge in [0.15, 0.2) is 0 Å². The lowest BCUT2D eigenvalue weighted by Crippen LogP contribution is -2.44. The normalized spacial score (nSPS) is 21.9. The van der Waals surface area contributed by atoms with Crippen molar-refractivity contribution in [2.75, 3.05) is 19.6 Å². The largest absolute Gasteiger partial charge is 0.315 e. The van der Waals surface area contributed by atoms with Crippen molar-refractivity contribution in [1.29, 1.82) is 0 Å². The highest BCUT2D eigenvalue weighted by atomic mass is 35.5. The molecule has 13 heavy (non-hydrogen) atoms. The van der Waals surface area contributed by atoms with Crippen LogP contribution in [0.5, 0.6) is 0 Å². The van der Waals surface area contributed by atoms with Crippen molar-refractivity contribution in [1.82, 2.24) is 10.6 Å². The molecule has 0 radical (unpaired) electrons. The summed E-state index contributed by atoms with van der Waals surface area (Å²) in [6.07, 6.45) is 2.68.